The van der Waals surface area contributed by atoms with Gasteiger partial charge in [-0.1, -0.05) is 36.4 Å². The van der Waals surface area contributed by atoms with Crippen LogP contribution < -0.4 is 10.6 Å². The van der Waals surface area contributed by atoms with Crippen LogP contribution in [-0.2, 0) is 4.74 Å². The van der Waals surface area contributed by atoms with Crippen molar-refractivity contribution < 1.29 is 14.3 Å². The van der Waals surface area contributed by atoms with E-state index >= 15 is 0 Å². The maximum absolute atomic E-state index is 12.4. The standard InChI is InChI=1S/C20H24N2O3/c1-14(15-9-6-5-7-10-15)21-18(23)16-11-8-12-17(13-16)22-19(24)25-20(2,3)4/h5-14H,1-4H3,(H,21,23)(H,22,24)/t14-/m1/s1. The van der Waals surface area contributed by atoms with Crippen molar-refractivity contribution in [1.29, 1.82) is 0 Å². The van der Waals surface area contributed by atoms with Crippen molar-refractivity contribution in [2.75, 3.05) is 5.32 Å². The molecule has 0 saturated carbocycles. The van der Waals surface area contributed by atoms with Crippen molar-refractivity contribution in [3.05, 3.63) is 65.7 Å². The molecule has 0 aliphatic heterocycles. The summed E-state index contributed by atoms with van der Waals surface area (Å²) in [5.74, 6) is -0.204. The van der Waals surface area contributed by atoms with Gasteiger partial charge in [-0.05, 0) is 51.5 Å². The van der Waals surface area contributed by atoms with Crippen molar-refractivity contribution in [1.82, 2.24) is 5.32 Å². The third kappa shape index (κ3) is 5.95. The van der Waals surface area contributed by atoms with Crippen LogP contribution in [0.3, 0.4) is 0 Å². The van der Waals surface area contributed by atoms with E-state index in [2.05, 4.69) is 10.6 Å². The third-order valence-corrected chi connectivity index (χ3v) is 3.42. The van der Waals surface area contributed by atoms with Gasteiger partial charge in [0.2, 0.25) is 0 Å². The molecule has 0 radical (unpaired) electrons. The molecule has 2 aromatic carbocycles. The molecule has 0 aliphatic rings. The lowest BCUT2D eigenvalue weighted by molar-refractivity contribution is 0.0635. The third-order valence-electron chi connectivity index (χ3n) is 3.42. The Morgan fingerprint density at radius 2 is 1.68 bits per heavy atom. The van der Waals surface area contributed by atoms with Gasteiger partial charge < -0.3 is 10.1 Å². The lowest BCUT2D eigenvalue weighted by Crippen LogP contribution is -2.28. The lowest BCUT2D eigenvalue weighted by Gasteiger charge is -2.20. The molecule has 5 heteroatoms. The zero-order valence-corrected chi connectivity index (χ0v) is 15.0. The molecule has 2 N–H and O–H groups in total. The van der Waals surface area contributed by atoms with Crippen LogP contribution in [0.4, 0.5) is 10.5 Å². The van der Waals surface area contributed by atoms with Gasteiger partial charge >= 0.3 is 6.09 Å². The molecule has 0 aromatic heterocycles. The number of hydrogen-bond donors (Lipinski definition) is 2. The Labute approximate surface area is 148 Å². The molecule has 5 nitrogen and oxygen atoms in total. The molecule has 0 unspecified atom stereocenters. The highest BCUT2D eigenvalue weighted by atomic mass is 16.6. The normalized spacial score (nSPS) is 12.2. The first-order valence-electron chi connectivity index (χ1n) is 8.20. The Hall–Kier alpha value is -2.82. The van der Waals surface area contributed by atoms with Crippen LogP contribution in [0.1, 0.15) is 49.7 Å². The maximum atomic E-state index is 12.4. The van der Waals surface area contributed by atoms with E-state index in [1.54, 1.807) is 45.0 Å². The van der Waals surface area contributed by atoms with Crippen LogP contribution in [0.25, 0.3) is 0 Å². The molecule has 2 rings (SSSR count). The first-order valence-corrected chi connectivity index (χ1v) is 8.20. The zero-order chi connectivity index (χ0) is 18.4. The van der Waals surface area contributed by atoms with E-state index < -0.39 is 11.7 Å². The molecule has 25 heavy (non-hydrogen) atoms. The van der Waals surface area contributed by atoms with E-state index in [0.29, 0.717) is 11.3 Å². The van der Waals surface area contributed by atoms with Crippen LogP contribution in [0.15, 0.2) is 54.6 Å². The lowest BCUT2D eigenvalue weighted by atomic mass is 10.1. The minimum Gasteiger partial charge on any atom is -0.444 e. The second-order valence-electron chi connectivity index (χ2n) is 6.81. The molecule has 2 amide bonds. The number of nitrogens with one attached hydrogen (secondary N) is 2. The average molecular weight is 340 g/mol. The minimum atomic E-state index is -0.579. The van der Waals surface area contributed by atoms with Gasteiger partial charge in [-0.3, -0.25) is 10.1 Å². The van der Waals surface area contributed by atoms with Crippen molar-refractivity contribution in [2.45, 2.75) is 39.3 Å². The van der Waals surface area contributed by atoms with Gasteiger partial charge in [0.25, 0.3) is 5.91 Å². The molecule has 0 saturated heterocycles. The predicted molar refractivity (Wildman–Crippen MR) is 98.6 cm³/mol. The molecule has 0 heterocycles. The highest BCUT2D eigenvalue weighted by molar-refractivity contribution is 5.96. The molecule has 1 atom stereocenters. The number of carbonyl (C=O) groups is 2. The second kappa shape index (κ2) is 7.83. The van der Waals surface area contributed by atoms with E-state index in [-0.39, 0.29) is 11.9 Å². The van der Waals surface area contributed by atoms with Crippen LogP contribution in [0.2, 0.25) is 0 Å². The van der Waals surface area contributed by atoms with Crippen molar-refractivity contribution in [3.8, 4) is 0 Å². The van der Waals surface area contributed by atoms with Gasteiger partial charge in [-0.25, -0.2) is 4.79 Å². The highest BCUT2D eigenvalue weighted by Gasteiger charge is 2.17. The van der Waals surface area contributed by atoms with E-state index in [1.807, 2.05) is 37.3 Å². The van der Waals surface area contributed by atoms with Crippen LogP contribution in [0.5, 0.6) is 0 Å². The first-order chi connectivity index (χ1) is 11.7. The summed E-state index contributed by atoms with van der Waals surface area (Å²) in [7, 11) is 0. The quantitative estimate of drug-likeness (QED) is 0.859. The summed E-state index contributed by atoms with van der Waals surface area (Å²) in [6, 6.07) is 16.4. The van der Waals surface area contributed by atoms with Gasteiger partial charge in [0, 0.05) is 11.3 Å². The van der Waals surface area contributed by atoms with Crippen molar-refractivity contribution in [2.24, 2.45) is 0 Å². The van der Waals surface area contributed by atoms with E-state index in [4.69, 9.17) is 4.74 Å². The Balaban J connectivity index is 2.02. The fourth-order valence-corrected chi connectivity index (χ4v) is 2.26. The number of rotatable bonds is 4. The molecule has 0 spiro atoms. The molecular weight excluding hydrogens is 316 g/mol. The average Bonchev–Trinajstić information content (AvgIpc) is 2.54. The molecule has 0 fully saturated rings. The molecule has 0 bridgehead atoms. The van der Waals surface area contributed by atoms with E-state index in [1.165, 1.54) is 0 Å². The molecule has 0 aliphatic carbocycles. The van der Waals surface area contributed by atoms with Crippen LogP contribution >= 0.6 is 0 Å². The second-order valence-corrected chi connectivity index (χ2v) is 6.81. The minimum absolute atomic E-state index is 0.115. The smallest absolute Gasteiger partial charge is 0.412 e. The highest BCUT2D eigenvalue weighted by Crippen LogP contribution is 2.16. The van der Waals surface area contributed by atoms with Crippen molar-refractivity contribution in [3.63, 3.8) is 0 Å². The Morgan fingerprint density at radius 1 is 1.00 bits per heavy atom. The summed E-state index contributed by atoms with van der Waals surface area (Å²) in [6.07, 6.45) is -0.553. The van der Waals surface area contributed by atoms with Crippen molar-refractivity contribution >= 4 is 17.7 Å². The van der Waals surface area contributed by atoms with Crippen LogP contribution in [-0.4, -0.2) is 17.6 Å². The van der Waals surface area contributed by atoms with Gasteiger partial charge in [-0.2, -0.15) is 0 Å². The number of ether oxygens (including phenoxy) is 1. The number of carbonyl (C=O) groups excluding carboxylic acids is 2. The van der Waals surface area contributed by atoms with Gasteiger partial charge in [-0.15, -0.1) is 0 Å². The SMILES string of the molecule is C[C@@H](NC(=O)c1cccc(NC(=O)OC(C)(C)C)c1)c1ccccc1. The number of hydrogen-bond acceptors (Lipinski definition) is 3. The summed E-state index contributed by atoms with van der Waals surface area (Å²) in [5, 5.41) is 5.59. The summed E-state index contributed by atoms with van der Waals surface area (Å²) in [6.45, 7) is 7.31. The van der Waals surface area contributed by atoms with Gasteiger partial charge in [0.1, 0.15) is 5.60 Å². The summed E-state index contributed by atoms with van der Waals surface area (Å²) in [5.41, 5.74) is 1.42. The van der Waals surface area contributed by atoms with Crippen LogP contribution in [0, 0.1) is 0 Å². The monoisotopic (exact) mass is 340 g/mol. The predicted octanol–water partition coefficient (Wildman–Crippen LogP) is 4.52. The number of benzene rings is 2. The number of amides is 2. The largest absolute Gasteiger partial charge is 0.444 e. The molecule has 132 valence electrons. The maximum Gasteiger partial charge on any atom is 0.412 e. The summed E-state index contributed by atoms with van der Waals surface area (Å²) < 4.78 is 5.21. The first kappa shape index (κ1) is 18.5. The summed E-state index contributed by atoms with van der Waals surface area (Å²) >= 11 is 0. The molecular formula is C20H24N2O3. The Bertz CT molecular complexity index is 736. The zero-order valence-electron chi connectivity index (χ0n) is 15.0. The van der Waals surface area contributed by atoms with E-state index in [0.717, 1.165) is 5.56 Å². The fourth-order valence-electron chi connectivity index (χ4n) is 2.26. The number of anilines is 1. The fraction of sp³-hybridized carbons (Fsp3) is 0.300. The Morgan fingerprint density at radius 3 is 2.32 bits per heavy atom. The summed E-state index contributed by atoms with van der Waals surface area (Å²) in [4.78, 5) is 24.3. The topological polar surface area (TPSA) is 67.4 Å². The van der Waals surface area contributed by atoms with E-state index in [9.17, 15) is 9.59 Å². The Kier molecular flexibility index (Phi) is 5.80. The molecule has 2 aromatic rings. The van der Waals surface area contributed by atoms with Gasteiger partial charge in [0.15, 0.2) is 0 Å². The van der Waals surface area contributed by atoms with Gasteiger partial charge in [0.05, 0.1) is 6.04 Å².